The largest absolute Gasteiger partial charge is 0.480 e. The van der Waals surface area contributed by atoms with Crippen molar-refractivity contribution >= 4 is 28.7 Å². The highest BCUT2D eigenvalue weighted by atomic mass is 32.2. The number of benzene rings is 1. The zero-order chi connectivity index (χ0) is 15.0. The molecule has 0 fully saturated rings. The van der Waals surface area contributed by atoms with Gasteiger partial charge in [-0.1, -0.05) is 18.2 Å². The maximum absolute atomic E-state index is 10.7. The summed E-state index contributed by atoms with van der Waals surface area (Å²) in [5.41, 5.74) is 5.53. The van der Waals surface area contributed by atoms with Crippen molar-refractivity contribution in [3.8, 4) is 0 Å². The molecular weight excluding hydrogens is 278 g/mol. The van der Waals surface area contributed by atoms with E-state index in [1.807, 2.05) is 24.5 Å². The lowest BCUT2D eigenvalue weighted by molar-refractivity contribution is -0.138. The Labute approximate surface area is 120 Å². The molecule has 108 valence electrons. The van der Waals surface area contributed by atoms with Crippen molar-refractivity contribution in [2.75, 3.05) is 12.0 Å². The minimum absolute atomic E-state index is 0.302. The maximum atomic E-state index is 10.7. The van der Waals surface area contributed by atoms with Gasteiger partial charge < -0.3 is 15.3 Å². The van der Waals surface area contributed by atoms with Gasteiger partial charge in [-0.05, 0) is 30.6 Å². The van der Waals surface area contributed by atoms with E-state index in [1.54, 1.807) is 23.9 Å². The molecule has 0 spiro atoms. The molecule has 0 aliphatic carbocycles. The van der Waals surface area contributed by atoms with Gasteiger partial charge in [-0.3, -0.25) is 4.79 Å². The Bertz CT molecular complexity index is 611. The number of thioether (sulfide) groups is 1. The van der Waals surface area contributed by atoms with Crippen LogP contribution in [0.2, 0.25) is 0 Å². The molecule has 3 N–H and O–H groups in total. The summed E-state index contributed by atoms with van der Waals surface area (Å²) >= 11 is 1.60. The van der Waals surface area contributed by atoms with E-state index in [9.17, 15) is 9.59 Å². The van der Waals surface area contributed by atoms with Crippen LogP contribution in [0.15, 0.2) is 45.6 Å². The van der Waals surface area contributed by atoms with Crippen LogP contribution in [0.4, 0.5) is 0 Å². The molecule has 0 aliphatic heterocycles. The minimum atomic E-state index is -0.913. The first kappa shape index (κ1) is 16.3. The Kier molecular flexibility index (Phi) is 6.83. The molecule has 0 bridgehead atoms. The molecule has 1 heterocycles. The predicted octanol–water partition coefficient (Wildman–Crippen LogP) is 1.94. The number of carboxylic acids is 1. The van der Waals surface area contributed by atoms with Crippen LogP contribution >= 0.6 is 11.8 Å². The SMILES string of the molecule is CSCCC(N)C(=O)O.O=c1ccc2ccccc2o1. The summed E-state index contributed by atoms with van der Waals surface area (Å²) in [5, 5.41) is 9.23. The van der Waals surface area contributed by atoms with E-state index in [4.69, 9.17) is 15.3 Å². The number of aliphatic carboxylic acids is 1. The van der Waals surface area contributed by atoms with Gasteiger partial charge in [0.2, 0.25) is 0 Å². The van der Waals surface area contributed by atoms with E-state index in [2.05, 4.69) is 0 Å². The number of fused-ring (bicyclic) bond motifs is 1. The number of para-hydroxylation sites is 1. The molecule has 5 nitrogen and oxygen atoms in total. The molecule has 0 radical (unpaired) electrons. The van der Waals surface area contributed by atoms with Crippen LogP contribution in [-0.2, 0) is 4.79 Å². The summed E-state index contributed by atoms with van der Waals surface area (Å²) in [6.45, 7) is 0. The van der Waals surface area contributed by atoms with Gasteiger partial charge in [0.15, 0.2) is 0 Å². The van der Waals surface area contributed by atoms with Crippen molar-refractivity contribution in [1.82, 2.24) is 0 Å². The molecule has 1 atom stereocenters. The molecule has 0 aliphatic rings. The first-order valence-electron chi connectivity index (χ1n) is 6.01. The molecule has 0 saturated heterocycles. The normalized spacial score (nSPS) is 11.5. The predicted molar refractivity (Wildman–Crippen MR) is 81.1 cm³/mol. The minimum Gasteiger partial charge on any atom is -0.480 e. The van der Waals surface area contributed by atoms with E-state index < -0.39 is 12.0 Å². The maximum Gasteiger partial charge on any atom is 0.336 e. The highest BCUT2D eigenvalue weighted by Gasteiger charge is 2.08. The fourth-order valence-corrected chi connectivity index (χ4v) is 1.87. The molecule has 1 aromatic heterocycles. The van der Waals surface area contributed by atoms with Gasteiger partial charge in [0.1, 0.15) is 11.6 Å². The third-order valence-electron chi connectivity index (χ3n) is 2.48. The van der Waals surface area contributed by atoms with E-state index in [-0.39, 0.29) is 5.63 Å². The summed E-state index contributed by atoms with van der Waals surface area (Å²) in [4.78, 5) is 20.8. The zero-order valence-electron chi connectivity index (χ0n) is 11.1. The fraction of sp³-hybridized carbons (Fsp3) is 0.286. The Balaban J connectivity index is 0.000000206. The molecule has 1 aromatic carbocycles. The number of rotatable bonds is 4. The second kappa shape index (κ2) is 8.39. The quantitative estimate of drug-likeness (QED) is 0.837. The van der Waals surface area contributed by atoms with Gasteiger partial charge in [-0.2, -0.15) is 11.8 Å². The lowest BCUT2D eigenvalue weighted by Gasteiger charge is -2.02. The van der Waals surface area contributed by atoms with Crippen molar-refractivity contribution in [1.29, 1.82) is 0 Å². The van der Waals surface area contributed by atoms with E-state index in [0.29, 0.717) is 12.0 Å². The van der Waals surface area contributed by atoms with Crippen LogP contribution in [0.3, 0.4) is 0 Å². The molecule has 0 amide bonds. The van der Waals surface area contributed by atoms with E-state index >= 15 is 0 Å². The van der Waals surface area contributed by atoms with Gasteiger partial charge >= 0.3 is 11.6 Å². The first-order valence-corrected chi connectivity index (χ1v) is 7.40. The van der Waals surface area contributed by atoms with E-state index in [1.165, 1.54) is 6.07 Å². The molecule has 20 heavy (non-hydrogen) atoms. The molecule has 2 aromatic rings. The molecule has 2 rings (SSSR count). The zero-order valence-corrected chi connectivity index (χ0v) is 11.9. The van der Waals surface area contributed by atoms with Gasteiger partial charge in [0.05, 0.1) is 0 Å². The molecular formula is C14H17NO4S. The Hall–Kier alpha value is -1.79. The Morgan fingerprint density at radius 1 is 1.35 bits per heavy atom. The average molecular weight is 295 g/mol. The van der Waals surface area contributed by atoms with Crippen LogP contribution in [0.1, 0.15) is 6.42 Å². The monoisotopic (exact) mass is 295 g/mol. The second-order valence-corrected chi connectivity index (χ2v) is 5.00. The van der Waals surface area contributed by atoms with Gasteiger partial charge in [0, 0.05) is 11.5 Å². The number of hydrogen-bond acceptors (Lipinski definition) is 5. The number of nitrogens with two attached hydrogens (primary N) is 1. The third kappa shape index (κ3) is 5.46. The Morgan fingerprint density at radius 2 is 2.05 bits per heavy atom. The highest BCUT2D eigenvalue weighted by molar-refractivity contribution is 7.98. The third-order valence-corrected chi connectivity index (χ3v) is 3.12. The molecule has 0 saturated carbocycles. The first-order chi connectivity index (χ1) is 9.54. The number of carbonyl (C=O) groups is 1. The summed E-state index contributed by atoms with van der Waals surface area (Å²) in [5.74, 6) is -0.1000. The molecule has 6 heteroatoms. The van der Waals surface area contributed by atoms with Crippen LogP contribution < -0.4 is 11.4 Å². The standard InChI is InChI=1S/C9H6O2.C5H11NO2S/c10-9-6-5-7-3-1-2-4-8(7)11-9;1-9-3-2-4(6)5(7)8/h1-6H;4H,2-3,6H2,1H3,(H,7,8). The summed E-state index contributed by atoms with van der Waals surface area (Å²) in [7, 11) is 0. The fourth-order valence-electron chi connectivity index (χ4n) is 1.38. The van der Waals surface area contributed by atoms with Crippen LogP contribution in [-0.4, -0.2) is 29.1 Å². The topological polar surface area (TPSA) is 93.5 Å². The number of carboxylic acid groups (broad SMARTS) is 1. The van der Waals surface area contributed by atoms with Crippen LogP contribution in [0, 0.1) is 0 Å². The summed E-state index contributed by atoms with van der Waals surface area (Å²) < 4.78 is 4.91. The van der Waals surface area contributed by atoms with Crippen molar-refractivity contribution in [3.63, 3.8) is 0 Å². The lowest BCUT2D eigenvalue weighted by atomic mass is 10.2. The highest BCUT2D eigenvalue weighted by Crippen LogP contribution is 2.08. The number of hydrogen-bond donors (Lipinski definition) is 2. The lowest BCUT2D eigenvalue weighted by Crippen LogP contribution is -2.30. The Morgan fingerprint density at radius 3 is 2.70 bits per heavy atom. The van der Waals surface area contributed by atoms with Gasteiger partial charge in [0.25, 0.3) is 0 Å². The van der Waals surface area contributed by atoms with E-state index in [0.717, 1.165) is 11.1 Å². The van der Waals surface area contributed by atoms with Crippen molar-refractivity contribution in [3.05, 3.63) is 46.8 Å². The smallest absolute Gasteiger partial charge is 0.336 e. The summed E-state index contributed by atoms with van der Waals surface area (Å²) in [6, 6.07) is 9.91. The average Bonchev–Trinajstić information content (AvgIpc) is 2.45. The van der Waals surface area contributed by atoms with Gasteiger partial charge in [-0.15, -0.1) is 0 Å². The second-order valence-electron chi connectivity index (χ2n) is 4.02. The van der Waals surface area contributed by atoms with Gasteiger partial charge in [-0.25, -0.2) is 4.79 Å². The molecule has 1 unspecified atom stereocenters. The van der Waals surface area contributed by atoms with Crippen molar-refractivity contribution in [2.45, 2.75) is 12.5 Å². The summed E-state index contributed by atoms with van der Waals surface area (Å²) in [6.07, 6.45) is 2.48. The van der Waals surface area contributed by atoms with Crippen LogP contribution in [0.25, 0.3) is 11.0 Å². The van der Waals surface area contributed by atoms with Crippen LogP contribution in [0.5, 0.6) is 0 Å². The van der Waals surface area contributed by atoms with Crippen molar-refractivity contribution in [2.24, 2.45) is 5.73 Å². The van der Waals surface area contributed by atoms with Crippen molar-refractivity contribution < 1.29 is 14.3 Å².